The number of hydrogen-bond donors (Lipinski definition) is 1. The molecule has 64 valence electrons. The van der Waals surface area contributed by atoms with Crippen LogP contribution in [0.4, 0.5) is 0 Å². The third-order valence-electron chi connectivity index (χ3n) is 1.93. The highest BCUT2D eigenvalue weighted by Gasteiger charge is 2.14. The fraction of sp³-hybridized carbons (Fsp3) is 0. The van der Waals surface area contributed by atoms with Crippen LogP contribution in [0.5, 0.6) is 5.75 Å². The summed E-state index contributed by atoms with van der Waals surface area (Å²) in [5, 5.41) is 9.04. The number of rotatable bonds is 0. The summed E-state index contributed by atoms with van der Waals surface area (Å²) in [6.45, 7) is 0. The maximum atomic E-state index is 11.1. The SMILES string of the molecule is O=c1c(=O)c2cccc(O)c2c1=O. The van der Waals surface area contributed by atoms with Gasteiger partial charge in [0, 0.05) is 5.39 Å². The van der Waals surface area contributed by atoms with Crippen LogP contribution < -0.4 is 16.3 Å². The van der Waals surface area contributed by atoms with E-state index in [2.05, 4.69) is 0 Å². The Bertz CT molecular complexity index is 617. The summed E-state index contributed by atoms with van der Waals surface area (Å²) in [5.41, 5.74) is -2.83. The van der Waals surface area contributed by atoms with Crippen molar-refractivity contribution in [2.24, 2.45) is 0 Å². The van der Waals surface area contributed by atoms with Gasteiger partial charge in [-0.2, -0.15) is 0 Å². The zero-order valence-corrected chi connectivity index (χ0v) is 6.40. The molecule has 0 spiro atoms. The van der Waals surface area contributed by atoms with Crippen molar-refractivity contribution in [1.82, 2.24) is 0 Å². The van der Waals surface area contributed by atoms with E-state index in [9.17, 15) is 19.5 Å². The standard InChI is InChI=1S/C9H4O4/c10-5-3-1-2-4-6(5)8(12)9(13)7(4)11/h1-3,10H. The van der Waals surface area contributed by atoms with Crippen LogP contribution in [-0.2, 0) is 0 Å². The Kier molecular flexibility index (Phi) is 1.33. The van der Waals surface area contributed by atoms with Gasteiger partial charge in [0.25, 0.3) is 5.43 Å². The molecule has 4 heteroatoms. The van der Waals surface area contributed by atoms with E-state index < -0.39 is 16.3 Å². The molecule has 0 radical (unpaired) electrons. The van der Waals surface area contributed by atoms with Gasteiger partial charge >= 0.3 is 0 Å². The average molecular weight is 176 g/mol. The number of benzene rings is 1. The minimum absolute atomic E-state index is 0.00463. The van der Waals surface area contributed by atoms with Crippen LogP contribution in [0.1, 0.15) is 0 Å². The van der Waals surface area contributed by atoms with Crippen molar-refractivity contribution in [2.75, 3.05) is 0 Å². The molecule has 2 aromatic rings. The van der Waals surface area contributed by atoms with E-state index in [1.807, 2.05) is 0 Å². The molecule has 0 aliphatic rings. The van der Waals surface area contributed by atoms with Gasteiger partial charge in [0.05, 0.1) is 5.39 Å². The monoisotopic (exact) mass is 176 g/mol. The van der Waals surface area contributed by atoms with E-state index in [1.165, 1.54) is 18.2 Å². The molecule has 2 rings (SSSR count). The lowest BCUT2D eigenvalue weighted by Gasteiger charge is -1.89. The molecule has 1 N–H and O–H groups in total. The molecule has 0 unspecified atom stereocenters. The molecular formula is C9H4O4. The first kappa shape index (κ1) is 7.67. The van der Waals surface area contributed by atoms with Crippen molar-refractivity contribution in [2.45, 2.75) is 0 Å². The van der Waals surface area contributed by atoms with E-state index >= 15 is 0 Å². The van der Waals surface area contributed by atoms with E-state index in [0.717, 1.165) is 0 Å². The third kappa shape index (κ3) is 0.823. The Morgan fingerprint density at radius 3 is 2.23 bits per heavy atom. The summed E-state index contributed by atoms with van der Waals surface area (Å²) in [6.07, 6.45) is 0. The molecular weight excluding hydrogens is 172 g/mol. The first-order valence-corrected chi connectivity index (χ1v) is 3.58. The van der Waals surface area contributed by atoms with Gasteiger partial charge in [-0.15, -0.1) is 0 Å². The number of phenolic OH excluding ortho intramolecular Hbond substituents is 1. The van der Waals surface area contributed by atoms with Gasteiger partial charge in [0.2, 0.25) is 10.9 Å². The molecule has 0 aliphatic carbocycles. The van der Waals surface area contributed by atoms with Crippen LogP contribution in [-0.4, -0.2) is 5.11 Å². The highest BCUT2D eigenvalue weighted by molar-refractivity contribution is 5.88. The fourth-order valence-electron chi connectivity index (χ4n) is 1.31. The molecule has 0 aliphatic heterocycles. The Hall–Kier alpha value is -1.97. The molecule has 0 amide bonds. The molecule has 0 bridgehead atoms. The largest absolute Gasteiger partial charge is 0.507 e. The van der Waals surface area contributed by atoms with E-state index in [1.54, 1.807) is 0 Å². The Balaban J connectivity index is 3.33. The maximum Gasteiger partial charge on any atom is 0.274 e. The molecule has 2 aromatic carbocycles. The lowest BCUT2D eigenvalue weighted by atomic mass is 10.2. The van der Waals surface area contributed by atoms with Gasteiger partial charge in [-0.25, -0.2) is 0 Å². The van der Waals surface area contributed by atoms with Gasteiger partial charge in [-0.05, 0) is 12.1 Å². The smallest absolute Gasteiger partial charge is 0.274 e. The van der Waals surface area contributed by atoms with Crippen LogP contribution in [0.25, 0.3) is 10.8 Å². The van der Waals surface area contributed by atoms with Gasteiger partial charge < -0.3 is 5.11 Å². The highest BCUT2D eigenvalue weighted by Crippen LogP contribution is 2.16. The summed E-state index contributed by atoms with van der Waals surface area (Å²) >= 11 is 0. The van der Waals surface area contributed by atoms with Crippen molar-refractivity contribution in [3.8, 4) is 5.75 Å². The van der Waals surface area contributed by atoms with Crippen LogP contribution in [0.3, 0.4) is 0 Å². The zero-order valence-electron chi connectivity index (χ0n) is 6.40. The summed E-state index contributed by atoms with van der Waals surface area (Å²) in [7, 11) is 0. The summed E-state index contributed by atoms with van der Waals surface area (Å²) < 4.78 is 0. The summed E-state index contributed by atoms with van der Waals surface area (Å²) in [4.78, 5) is 33.1. The summed E-state index contributed by atoms with van der Waals surface area (Å²) in [5.74, 6) is -0.318. The van der Waals surface area contributed by atoms with Crippen LogP contribution in [0, 0.1) is 0 Å². The predicted octanol–water partition coefficient (Wildman–Crippen LogP) is -0.498. The molecule has 0 fully saturated rings. The van der Waals surface area contributed by atoms with E-state index in [4.69, 9.17) is 0 Å². The quantitative estimate of drug-likeness (QED) is 0.549. The number of fused-ring (bicyclic) bond motifs is 1. The second-order valence-electron chi connectivity index (χ2n) is 2.69. The molecule has 4 nitrogen and oxygen atoms in total. The van der Waals surface area contributed by atoms with Crippen molar-refractivity contribution in [3.05, 3.63) is 48.9 Å². The fourth-order valence-corrected chi connectivity index (χ4v) is 1.31. The first-order valence-electron chi connectivity index (χ1n) is 3.58. The number of hydrogen-bond acceptors (Lipinski definition) is 4. The Morgan fingerprint density at radius 2 is 1.62 bits per heavy atom. The van der Waals surface area contributed by atoms with Crippen molar-refractivity contribution < 1.29 is 5.11 Å². The van der Waals surface area contributed by atoms with Gasteiger partial charge in [0.1, 0.15) is 5.75 Å². The minimum atomic E-state index is -1.07. The Morgan fingerprint density at radius 1 is 0.923 bits per heavy atom. The molecule has 0 atom stereocenters. The van der Waals surface area contributed by atoms with Crippen molar-refractivity contribution in [3.63, 3.8) is 0 Å². The minimum Gasteiger partial charge on any atom is -0.507 e. The molecule has 0 heterocycles. The topological polar surface area (TPSA) is 71.4 Å². The number of aromatic hydroxyl groups is 1. The van der Waals surface area contributed by atoms with Crippen LogP contribution in [0.15, 0.2) is 32.6 Å². The average Bonchev–Trinajstić information content (AvgIpc) is 2.33. The first-order chi connectivity index (χ1) is 6.13. The molecule has 0 aromatic heterocycles. The van der Waals surface area contributed by atoms with E-state index in [0.29, 0.717) is 0 Å². The lowest BCUT2D eigenvalue weighted by Crippen LogP contribution is -2.29. The molecule has 0 saturated heterocycles. The summed E-state index contributed by atoms with van der Waals surface area (Å²) in [6, 6.07) is 4.03. The van der Waals surface area contributed by atoms with Crippen molar-refractivity contribution in [1.29, 1.82) is 0 Å². The van der Waals surface area contributed by atoms with Gasteiger partial charge in [-0.3, -0.25) is 14.4 Å². The Labute approximate surface area is 71.4 Å². The second kappa shape index (κ2) is 2.26. The van der Waals surface area contributed by atoms with Gasteiger partial charge in [-0.1, -0.05) is 6.07 Å². The van der Waals surface area contributed by atoms with Crippen LogP contribution in [0.2, 0.25) is 0 Å². The lowest BCUT2D eigenvalue weighted by molar-refractivity contribution is 0.481. The number of phenols is 1. The second-order valence-corrected chi connectivity index (χ2v) is 2.69. The highest BCUT2D eigenvalue weighted by atomic mass is 16.3. The molecule has 0 saturated carbocycles. The van der Waals surface area contributed by atoms with Crippen LogP contribution >= 0.6 is 0 Å². The van der Waals surface area contributed by atoms with E-state index in [-0.39, 0.29) is 16.5 Å². The van der Waals surface area contributed by atoms with Crippen molar-refractivity contribution >= 4 is 10.8 Å². The molecule has 13 heavy (non-hydrogen) atoms. The third-order valence-corrected chi connectivity index (χ3v) is 1.93. The predicted molar refractivity (Wildman–Crippen MR) is 46.8 cm³/mol. The van der Waals surface area contributed by atoms with Gasteiger partial charge in [0.15, 0.2) is 0 Å². The zero-order chi connectivity index (χ0) is 9.59. The maximum absolute atomic E-state index is 11.1. The normalized spacial score (nSPS) is 10.8.